The van der Waals surface area contributed by atoms with E-state index in [2.05, 4.69) is 58.7 Å². The van der Waals surface area contributed by atoms with Gasteiger partial charge in [-0.05, 0) is 31.1 Å². The number of carbonyl (C=O) groups excluding carboxylic acids is 1. The molecular formula is C18H36N2O. The van der Waals surface area contributed by atoms with E-state index in [0.717, 1.165) is 25.7 Å². The quantitative estimate of drug-likeness (QED) is 0.733. The second-order valence-corrected chi connectivity index (χ2v) is 7.24. The highest BCUT2D eigenvalue weighted by Gasteiger charge is 2.44. The fraction of sp³-hybridized carbons (Fsp3) is 0.944. The Labute approximate surface area is 131 Å². The third-order valence-corrected chi connectivity index (χ3v) is 5.31. The molecule has 3 heteroatoms. The zero-order valence-electron chi connectivity index (χ0n) is 15.1. The maximum atomic E-state index is 12.9. The van der Waals surface area contributed by atoms with E-state index in [1.807, 2.05) is 0 Å². The zero-order chi connectivity index (χ0) is 16.2. The molecule has 1 N–H and O–H groups in total. The topological polar surface area (TPSA) is 32.3 Å². The average molecular weight is 296 g/mol. The third-order valence-electron chi connectivity index (χ3n) is 5.31. The SMILES string of the molecule is CCC(C)C1NC(CC(C)C)N(C(C)C(CC)CC)C1=O. The van der Waals surface area contributed by atoms with Crippen molar-refractivity contribution in [3.8, 4) is 0 Å². The minimum absolute atomic E-state index is 0.00978. The number of amides is 1. The molecule has 1 fully saturated rings. The predicted molar refractivity (Wildman–Crippen MR) is 90.0 cm³/mol. The van der Waals surface area contributed by atoms with Crippen LogP contribution < -0.4 is 5.32 Å². The van der Waals surface area contributed by atoms with Gasteiger partial charge in [0, 0.05) is 6.04 Å². The molecule has 0 aliphatic carbocycles. The molecule has 0 aromatic rings. The molecule has 4 unspecified atom stereocenters. The minimum atomic E-state index is 0.00978. The van der Waals surface area contributed by atoms with Gasteiger partial charge in [0.15, 0.2) is 0 Å². The summed E-state index contributed by atoms with van der Waals surface area (Å²) in [5.41, 5.74) is 0. The zero-order valence-corrected chi connectivity index (χ0v) is 15.1. The molecular weight excluding hydrogens is 260 g/mol. The number of nitrogens with one attached hydrogen (secondary N) is 1. The van der Waals surface area contributed by atoms with Crippen LogP contribution in [0, 0.1) is 17.8 Å². The molecule has 1 amide bonds. The van der Waals surface area contributed by atoms with Gasteiger partial charge in [0.05, 0.1) is 12.2 Å². The van der Waals surface area contributed by atoms with E-state index in [-0.39, 0.29) is 12.2 Å². The van der Waals surface area contributed by atoms with Crippen LogP contribution in [0.1, 0.15) is 74.1 Å². The highest BCUT2D eigenvalue weighted by molar-refractivity contribution is 5.85. The second-order valence-electron chi connectivity index (χ2n) is 7.24. The Morgan fingerprint density at radius 1 is 1.05 bits per heavy atom. The van der Waals surface area contributed by atoms with Crippen molar-refractivity contribution in [2.24, 2.45) is 17.8 Å². The largest absolute Gasteiger partial charge is 0.323 e. The highest BCUT2D eigenvalue weighted by atomic mass is 16.2. The lowest BCUT2D eigenvalue weighted by atomic mass is 9.92. The molecule has 1 saturated heterocycles. The third kappa shape index (κ3) is 4.21. The fourth-order valence-electron chi connectivity index (χ4n) is 3.63. The highest BCUT2D eigenvalue weighted by Crippen LogP contribution is 2.29. The number of nitrogens with zero attached hydrogens (tertiary/aromatic N) is 1. The summed E-state index contributed by atoms with van der Waals surface area (Å²) in [6.07, 6.45) is 4.59. The van der Waals surface area contributed by atoms with Crippen LogP contribution in [0.4, 0.5) is 0 Å². The van der Waals surface area contributed by atoms with Crippen molar-refractivity contribution >= 4 is 5.91 Å². The van der Waals surface area contributed by atoms with Gasteiger partial charge in [-0.3, -0.25) is 10.1 Å². The molecule has 124 valence electrons. The van der Waals surface area contributed by atoms with Crippen LogP contribution in [0.25, 0.3) is 0 Å². The van der Waals surface area contributed by atoms with Crippen molar-refractivity contribution in [2.45, 2.75) is 92.4 Å². The summed E-state index contributed by atoms with van der Waals surface area (Å²) < 4.78 is 0. The van der Waals surface area contributed by atoms with E-state index in [1.54, 1.807) is 0 Å². The van der Waals surface area contributed by atoms with E-state index in [0.29, 0.717) is 29.7 Å². The molecule has 0 saturated carbocycles. The number of hydrogen-bond donors (Lipinski definition) is 1. The summed E-state index contributed by atoms with van der Waals surface area (Å²) in [6, 6.07) is 0.341. The maximum Gasteiger partial charge on any atom is 0.241 e. The molecule has 4 atom stereocenters. The van der Waals surface area contributed by atoms with Gasteiger partial charge < -0.3 is 4.90 Å². The average Bonchev–Trinajstić information content (AvgIpc) is 2.75. The molecule has 1 heterocycles. The van der Waals surface area contributed by atoms with Crippen molar-refractivity contribution < 1.29 is 4.79 Å². The molecule has 1 aliphatic rings. The van der Waals surface area contributed by atoms with E-state index in [4.69, 9.17) is 0 Å². The Balaban J connectivity index is 2.96. The van der Waals surface area contributed by atoms with Crippen LogP contribution in [-0.4, -0.2) is 29.1 Å². The first-order chi connectivity index (χ1) is 9.87. The summed E-state index contributed by atoms with van der Waals surface area (Å²) in [5.74, 6) is 1.93. The first kappa shape index (κ1) is 18.5. The standard InChI is InChI=1S/C18H36N2O/c1-8-13(6)17-18(21)20(14(7)15(9-2)10-3)16(19-17)11-12(4)5/h12-17,19H,8-11H2,1-7H3. The Bertz CT molecular complexity index is 325. The Morgan fingerprint density at radius 3 is 2.05 bits per heavy atom. The summed E-state index contributed by atoms with van der Waals surface area (Å²) in [6.45, 7) is 15.6. The predicted octanol–water partition coefficient (Wildman–Crippen LogP) is 4.03. The summed E-state index contributed by atoms with van der Waals surface area (Å²) in [4.78, 5) is 15.1. The van der Waals surface area contributed by atoms with Crippen molar-refractivity contribution in [3.63, 3.8) is 0 Å². The van der Waals surface area contributed by atoms with E-state index in [9.17, 15) is 4.79 Å². The van der Waals surface area contributed by atoms with Gasteiger partial charge in [-0.25, -0.2) is 0 Å². The maximum absolute atomic E-state index is 12.9. The molecule has 21 heavy (non-hydrogen) atoms. The Kier molecular flexibility index (Phi) is 7.19. The van der Waals surface area contributed by atoms with Gasteiger partial charge in [0.25, 0.3) is 0 Å². The van der Waals surface area contributed by atoms with E-state index >= 15 is 0 Å². The van der Waals surface area contributed by atoms with Gasteiger partial charge in [0.2, 0.25) is 5.91 Å². The lowest BCUT2D eigenvalue weighted by molar-refractivity contribution is -0.134. The first-order valence-corrected chi connectivity index (χ1v) is 8.95. The van der Waals surface area contributed by atoms with Crippen LogP contribution in [-0.2, 0) is 4.79 Å². The number of carbonyl (C=O) groups is 1. The first-order valence-electron chi connectivity index (χ1n) is 8.95. The van der Waals surface area contributed by atoms with Crippen LogP contribution in [0.3, 0.4) is 0 Å². The monoisotopic (exact) mass is 296 g/mol. The van der Waals surface area contributed by atoms with Gasteiger partial charge in [0.1, 0.15) is 0 Å². The molecule has 0 spiro atoms. The van der Waals surface area contributed by atoms with Crippen molar-refractivity contribution in [1.82, 2.24) is 10.2 Å². The lowest BCUT2D eigenvalue weighted by Crippen LogP contribution is -2.47. The summed E-state index contributed by atoms with van der Waals surface area (Å²) >= 11 is 0. The van der Waals surface area contributed by atoms with Crippen molar-refractivity contribution in [2.75, 3.05) is 0 Å². The summed E-state index contributed by atoms with van der Waals surface area (Å²) in [5, 5.41) is 3.63. The fourth-order valence-corrected chi connectivity index (χ4v) is 3.63. The van der Waals surface area contributed by atoms with Crippen LogP contribution in [0.5, 0.6) is 0 Å². The van der Waals surface area contributed by atoms with Crippen molar-refractivity contribution in [1.29, 1.82) is 0 Å². The minimum Gasteiger partial charge on any atom is -0.323 e. The molecule has 0 radical (unpaired) electrons. The molecule has 0 aromatic carbocycles. The van der Waals surface area contributed by atoms with Crippen molar-refractivity contribution in [3.05, 3.63) is 0 Å². The lowest BCUT2D eigenvalue weighted by Gasteiger charge is -2.35. The molecule has 1 rings (SSSR count). The number of rotatable bonds is 8. The van der Waals surface area contributed by atoms with E-state index < -0.39 is 0 Å². The Hall–Kier alpha value is -0.570. The molecule has 0 bridgehead atoms. The molecule has 1 aliphatic heterocycles. The Morgan fingerprint density at radius 2 is 1.62 bits per heavy atom. The van der Waals surface area contributed by atoms with Gasteiger partial charge in [-0.15, -0.1) is 0 Å². The molecule has 0 aromatic heterocycles. The van der Waals surface area contributed by atoms with E-state index in [1.165, 1.54) is 0 Å². The second kappa shape index (κ2) is 8.17. The smallest absolute Gasteiger partial charge is 0.241 e. The van der Waals surface area contributed by atoms with Crippen LogP contribution in [0.15, 0.2) is 0 Å². The molecule has 3 nitrogen and oxygen atoms in total. The van der Waals surface area contributed by atoms with Crippen LogP contribution in [0.2, 0.25) is 0 Å². The van der Waals surface area contributed by atoms with Gasteiger partial charge in [-0.2, -0.15) is 0 Å². The normalized spacial score (nSPS) is 26.0. The van der Waals surface area contributed by atoms with Gasteiger partial charge >= 0.3 is 0 Å². The number of hydrogen-bond acceptors (Lipinski definition) is 2. The van der Waals surface area contributed by atoms with Gasteiger partial charge in [-0.1, -0.05) is 60.8 Å². The summed E-state index contributed by atoms with van der Waals surface area (Å²) in [7, 11) is 0. The van der Waals surface area contributed by atoms with Crippen LogP contribution >= 0.6 is 0 Å².